The Morgan fingerprint density at radius 2 is 2.00 bits per heavy atom. The maximum Gasteiger partial charge on any atom is 0.224 e. The molecule has 0 radical (unpaired) electrons. The number of rotatable bonds is 5. The van der Waals surface area contributed by atoms with Crippen LogP contribution in [0.3, 0.4) is 0 Å². The Labute approximate surface area is 141 Å². The van der Waals surface area contributed by atoms with Gasteiger partial charge in [-0.05, 0) is 23.1 Å². The first-order chi connectivity index (χ1) is 11.5. The fraction of sp³-hybridized carbons (Fsp3) is 0.316. The van der Waals surface area contributed by atoms with Crippen molar-refractivity contribution in [1.82, 2.24) is 20.1 Å². The standard InChI is InChI=1S/C19H22N4O/c1-13(2)15-6-4-14(5-7-15)8-19(24)21-11-17-9-18-16(10-20-17)12-23(3)22-18/h4-7,9-10,12-13H,8,11H2,1-3H3,(H,21,24). The molecule has 0 saturated carbocycles. The highest BCUT2D eigenvalue weighted by atomic mass is 16.1. The normalized spacial score (nSPS) is 11.2. The maximum atomic E-state index is 12.1. The number of nitrogens with one attached hydrogen (secondary N) is 1. The highest BCUT2D eigenvalue weighted by Gasteiger charge is 2.06. The first-order valence-corrected chi connectivity index (χ1v) is 8.15. The zero-order valence-electron chi connectivity index (χ0n) is 14.3. The third kappa shape index (κ3) is 3.79. The second-order valence-corrected chi connectivity index (χ2v) is 6.39. The Kier molecular flexibility index (Phi) is 4.60. The summed E-state index contributed by atoms with van der Waals surface area (Å²) in [6.07, 6.45) is 4.09. The van der Waals surface area contributed by atoms with Crippen molar-refractivity contribution in [2.45, 2.75) is 32.7 Å². The van der Waals surface area contributed by atoms with Crippen LogP contribution in [0.5, 0.6) is 0 Å². The number of hydrogen-bond acceptors (Lipinski definition) is 3. The summed E-state index contributed by atoms with van der Waals surface area (Å²) in [5.41, 5.74) is 4.00. The smallest absolute Gasteiger partial charge is 0.224 e. The second-order valence-electron chi connectivity index (χ2n) is 6.39. The van der Waals surface area contributed by atoms with Crippen molar-refractivity contribution in [3.63, 3.8) is 0 Å². The molecule has 0 aliphatic carbocycles. The molecule has 2 heterocycles. The molecule has 0 saturated heterocycles. The first-order valence-electron chi connectivity index (χ1n) is 8.15. The fourth-order valence-corrected chi connectivity index (χ4v) is 2.64. The van der Waals surface area contributed by atoms with E-state index in [4.69, 9.17) is 0 Å². The SMILES string of the molecule is CC(C)c1ccc(CC(=O)NCc2cc3nn(C)cc3cn2)cc1. The molecule has 0 spiro atoms. The molecule has 1 aromatic carbocycles. The molecule has 5 heteroatoms. The van der Waals surface area contributed by atoms with Crippen LogP contribution in [0.15, 0.2) is 42.7 Å². The summed E-state index contributed by atoms with van der Waals surface area (Å²) < 4.78 is 1.76. The summed E-state index contributed by atoms with van der Waals surface area (Å²) in [6.45, 7) is 4.73. The van der Waals surface area contributed by atoms with E-state index in [0.717, 1.165) is 22.2 Å². The number of fused-ring (bicyclic) bond motifs is 1. The van der Waals surface area contributed by atoms with E-state index >= 15 is 0 Å². The van der Waals surface area contributed by atoms with Crippen LogP contribution in [-0.4, -0.2) is 20.7 Å². The third-order valence-corrected chi connectivity index (χ3v) is 4.04. The van der Waals surface area contributed by atoms with Gasteiger partial charge in [-0.25, -0.2) is 0 Å². The number of pyridine rings is 1. The average Bonchev–Trinajstić information content (AvgIpc) is 2.92. The van der Waals surface area contributed by atoms with E-state index in [9.17, 15) is 4.79 Å². The van der Waals surface area contributed by atoms with Gasteiger partial charge in [-0.15, -0.1) is 0 Å². The van der Waals surface area contributed by atoms with E-state index in [-0.39, 0.29) is 5.91 Å². The Morgan fingerprint density at radius 1 is 1.25 bits per heavy atom. The molecular weight excluding hydrogens is 300 g/mol. The van der Waals surface area contributed by atoms with Gasteiger partial charge < -0.3 is 5.32 Å². The van der Waals surface area contributed by atoms with Gasteiger partial charge in [-0.2, -0.15) is 5.10 Å². The van der Waals surface area contributed by atoms with Crippen LogP contribution < -0.4 is 5.32 Å². The molecule has 0 unspecified atom stereocenters. The molecule has 1 amide bonds. The molecule has 2 aromatic heterocycles. The average molecular weight is 322 g/mol. The molecule has 0 atom stereocenters. The van der Waals surface area contributed by atoms with E-state index in [1.54, 1.807) is 10.9 Å². The van der Waals surface area contributed by atoms with Gasteiger partial charge in [0.25, 0.3) is 0 Å². The van der Waals surface area contributed by atoms with Gasteiger partial charge in [-0.1, -0.05) is 38.1 Å². The lowest BCUT2D eigenvalue weighted by atomic mass is 10.0. The van der Waals surface area contributed by atoms with Crippen LogP contribution >= 0.6 is 0 Å². The van der Waals surface area contributed by atoms with Gasteiger partial charge in [0.15, 0.2) is 0 Å². The lowest BCUT2D eigenvalue weighted by Gasteiger charge is -2.08. The fourth-order valence-electron chi connectivity index (χ4n) is 2.64. The van der Waals surface area contributed by atoms with Crippen molar-refractivity contribution in [1.29, 1.82) is 0 Å². The molecule has 0 aliphatic heterocycles. The number of benzene rings is 1. The van der Waals surface area contributed by atoms with Gasteiger partial charge in [-0.3, -0.25) is 14.5 Å². The monoisotopic (exact) mass is 322 g/mol. The molecule has 124 valence electrons. The number of amides is 1. The van der Waals surface area contributed by atoms with Crippen LogP contribution in [-0.2, 0) is 24.8 Å². The molecule has 3 rings (SSSR count). The van der Waals surface area contributed by atoms with Gasteiger partial charge in [0.1, 0.15) is 0 Å². The van der Waals surface area contributed by atoms with E-state index < -0.39 is 0 Å². The largest absolute Gasteiger partial charge is 0.350 e. The molecular formula is C19H22N4O. The number of carbonyl (C=O) groups is 1. The summed E-state index contributed by atoms with van der Waals surface area (Å²) in [4.78, 5) is 16.5. The summed E-state index contributed by atoms with van der Waals surface area (Å²) in [5, 5.41) is 8.27. The van der Waals surface area contributed by atoms with Gasteiger partial charge >= 0.3 is 0 Å². The third-order valence-electron chi connectivity index (χ3n) is 4.04. The Hall–Kier alpha value is -2.69. The van der Waals surface area contributed by atoms with Crippen molar-refractivity contribution in [2.75, 3.05) is 0 Å². The second kappa shape index (κ2) is 6.83. The van der Waals surface area contributed by atoms with Crippen molar-refractivity contribution in [2.24, 2.45) is 7.05 Å². The van der Waals surface area contributed by atoms with Crippen LogP contribution in [0, 0.1) is 0 Å². The van der Waals surface area contributed by atoms with Gasteiger partial charge in [0, 0.05) is 24.8 Å². The Balaban J connectivity index is 1.57. The van der Waals surface area contributed by atoms with E-state index in [0.29, 0.717) is 18.9 Å². The topological polar surface area (TPSA) is 59.8 Å². The van der Waals surface area contributed by atoms with Gasteiger partial charge in [0.05, 0.1) is 24.2 Å². The molecule has 1 N–H and O–H groups in total. The Bertz CT molecular complexity index is 849. The van der Waals surface area contributed by atoms with Crippen LogP contribution in [0.2, 0.25) is 0 Å². The minimum absolute atomic E-state index is 0.00443. The minimum Gasteiger partial charge on any atom is -0.350 e. The van der Waals surface area contributed by atoms with Crippen LogP contribution in [0.1, 0.15) is 36.6 Å². The van der Waals surface area contributed by atoms with E-state index in [1.165, 1.54) is 5.56 Å². The van der Waals surface area contributed by atoms with Gasteiger partial charge in [0.2, 0.25) is 5.91 Å². The Morgan fingerprint density at radius 3 is 2.71 bits per heavy atom. The zero-order chi connectivity index (χ0) is 17.1. The highest BCUT2D eigenvalue weighted by Crippen LogP contribution is 2.15. The van der Waals surface area contributed by atoms with Crippen LogP contribution in [0.4, 0.5) is 0 Å². The number of nitrogens with zero attached hydrogens (tertiary/aromatic N) is 3. The predicted octanol–water partition coefficient (Wildman–Crippen LogP) is 2.95. The van der Waals surface area contributed by atoms with Crippen molar-refractivity contribution in [3.05, 3.63) is 59.5 Å². The van der Waals surface area contributed by atoms with Crippen molar-refractivity contribution >= 4 is 16.8 Å². The van der Waals surface area contributed by atoms with Crippen molar-refractivity contribution in [3.8, 4) is 0 Å². The maximum absolute atomic E-state index is 12.1. The molecule has 24 heavy (non-hydrogen) atoms. The number of carbonyl (C=O) groups excluding carboxylic acids is 1. The predicted molar refractivity (Wildman–Crippen MR) is 94.6 cm³/mol. The zero-order valence-corrected chi connectivity index (χ0v) is 14.3. The number of aryl methyl sites for hydroxylation is 1. The molecule has 0 fully saturated rings. The summed E-state index contributed by atoms with van der Waals surface area (Å²) in [5.74, 6) is 0.496. The first kappa shape index (κ1) is 16.2. The number of aromatic nitrogens is 3. The van der Waals surface area contributed by atoms with Crippen LogP contribution in [0.25, 0.3) is 10.9 Å². The highest BCUT2D eigenvalue weighted by molar-refractivity contribution is 5.79. The number of hydrogen-bond donors (Lipinski definition) is 1. The van der Waals surface area contributed by atoms with E-state index in [2.05, 4.69) is 41.4 Å². The molecule has 0 aliphatic rings. The lowest BCUT2D eigenvalue weighted by molar-refractivity contribution is -0.120. The molecule has 5 nitrogen and oxygen atoms in total. The molecule has 3 aromatic rings. The summed E-state index contributed by atoms with van der Waals surface area (Å²) in [7, 11) is 1.88. The summed E-state index contributed by atoms with van der Waals surface area (Å²) >= 11 is 0. The quantitative estimate of drug-likeness (QED) is 0.785. The van der Waals surface area contributed by atoms with Crippen molar-refractivity contribution < 1.29 is 4.79 Å². The lowest BCUT2D eigenvalue weighted by Crippen LogP contribution is -2.25. The summed E-state index contributed by atoms with van der Waals surface area (Å²) in [6, 6.07) is 10.1. The minimum atomic E-state index is -0.00443. The van der Waals surface area contributed by atoms with E-state index in [1.807, 2.05) is 31.4 Å². The molecule has 0 bridgehead atoms.